The van der Waals surface area contributed by atoms with Crippen LogP contribution in [0.2, 0.25) is 18.1 Å². The average Bonchev–Trinajstić information content (AvgIpc) is 2.69. The fourth-order valence-corrected chi connectivity index (χ4v) is 3.58. The van der Waals surface area contributed by atoms with Gasteiger partial charge in [-0.3, -0.25) is 0 Å². The molecule has 22 heavy (non-hydrogen) atoms. The van der Waals surface area contributed by atoms with E-state index in [2.05, 4.69) is 53.9 Å². The molecule has 3 atom stereocenters. The molecule has 4 heteroatoms. The highest BCUT2D eigenvalue weighted by Gasteiger charge is 2.48. The first-order chi connectivity index (χ1) is 9.84. The van der Waals surface area contributed by atoms with Crippen molar-refractivity contribution >= 4 is 8.32 Å². The quantitative estimate of drug-likeness (QED) is 0.505. The predicted molar refractivity (Wildman–Crippen MR) is 95.5 cm³/mol. The van der Waals surface area contributed by atoms with Crippen molar-refractivity contribution in [2.45, 2.75) is 90.2 Å². The Morgan fingerprint density at radius 2 is 1.86 bits per heavy atom. The average molecular weight is 327 g/mol. The van der Waals surface area contributed by atoms with Gasteiger partial charge < -0.3 is 13.9 Å². The lowest BCUT2D eigenvalue weighted by Gasteiger charge is -2.40. The highest BCUT2D eigenvalue weighted by Crippen LogP contribution is 2.41. The van der Waals surface area contributed by atoms with Crippen molar-refractivity contribution in [2.75, 3.05) is 0 Å². The van der Waals surface area contributed by atoms with E-state index in [-0.39, 0.29) is 23.4 Å². The molecule has 0 aromatic carbocycles. The molecule has 0 aromatic rings. The Morgan fingerprint density at radius 3 is 2.27 bits per heavy atom. The Balaban J connectivity index is 3.02. The summed E-state index contributed by atoms with van der Waals surface area (Å²) >= 11 is 0. The molecule has 1 heterocycles. The Labute approximate surface area is 137 Å². The number of rotatable bonds is 6. The summed E-state index contributed by atoms with van der Waals surface area (Å²) in [5.41, 5.74) is 1.04. The molecule has 128 valence electrons. The molecule has 0 saturated carbocycles. The third kappa shape index (κ3) is 4.31. The van der Waals surface area contributed by atoms with Crippen LogP contribution in [0.1, 0.15) is 48.0 Å². The summed E-state index contributed by atoms with van der Waals surface area (Å²) in [5.74, 6) is -0.620. The van der Waals surface area contributed by atoms with Crippen LogP contribution in [0, 0.1) is 0 Å². The normalized spacial score (nSPS) is 26.7. The lowest BCUT2D eigenvalue weighted by molar-refractivity contribution is -0.150. The van der Waals surface area contributed by atoms with Crippen molar-refractivity contribution in [1.29, 1.82) is 0 Å². The van der Waals surface area contributed by atoms with Gasteiger partial charge in [-0.1, -0.05) is 40.3 Å². The second-order valence-corrected chi connectivity index (χ2v) is 12.9. The summed E-state index contributed by atoms with van der Waals surface area (Å²) < 4.78 is 18.7. The molecule has 3 nitrogen and oxygen atoms in total. The van der Waals surface area contributed by atoms with E-state index in [4.69, 9.17) is 13.9 Å². The van der Waals surface area contributed by atoms with E-state index >= 15 is 0 Å². The molecule has 1 unspecified atom stereocenters. The van der Waals surface area contributed by atoms with Crippen molar-refractivity contribution < 1.29 is 13.9 Å². The van der Waals surface area contributed by atoms with Gasteiger partial charge >= 0.3 is 0 Å². The van der Waals surface area contributed by atoms with Gasteiger partial charge in [-0.15, -0.1) is 6.58 Å². The zero-order valence-corrected chi connectivity index (χ0v) is 16.7. The van der Waals surface area contributed by atoms with E-state index in [1.54, 1.807) is 0 Å². The topological polar surface area (TPSA) is 27.7 Å². The number of hydrogen-bond acceptors (Lipinski definition) is 3. The minimum absolute atomic E-state index is 0.139. The number of ether oxygens (including phenoxy) is 2. The Bertz CT molecular complexity index is 421. The lowest BCUT2D eigenvalue weighted by atomic mass is 10.00. The highest BCUT2D eigenvalue weighted by molar-refractivity contribution is 6.74. The molecule has 0 radical (unpaired) electrons. The molecule has 0 aliphatic carbocycles. The van der Waals surface area contributed by atoms with Gasteiger partial charge in [0, 0.05) is 0 Å². The van der Waals surface area contributed by atoms with Crippen LogP contribution in [-0.2, 0) is 13.9 Å². The molecule has 0 N–H and O–H groups in total. The van der Waals surface area contributed by atoms with Gasteiger partial charge in [0.25, 0.3) is 0 Å². The molecule has 1 saturated heterocycles. The maximum Gasteiger partial charge on any atom is 0.193 e. The third-order valence-electron chi connectivity index (χ3n) is 4.78. The smallest absolute Gasteiger partial charge is 0.193 e. The van der Waals surface area contributed by atoms with Crippen LogP contribution in [0.25, 0.3) is 0 Å². The Hall–Kier alpha value is -0.423. The van der Waals surface area contributed by atoms with Gasteiger partial charge in [-0.2, -0.15) is 0 Å². The standard InChI is InChI=1S/C18H34O3Si/c1-11-13(3)15-16(20-18(7,8)19-15)14(12-2)21-22(9,10)17(4,5)6/h12,14-16H,2-3,11H2,1,4-10H3/t14?,15-,16+/m1/s1. The van der Waals surface area contributed by atoms with Crippen molar-refractivity contribution in [3.05, 3.63) is 24.8 Å². The van der Waals surface area contributed by atoms with Crippen LogP contribution in [-0.4, -0.2) is 32.4 Å². The van der Waals surface area contributed by atoms with Gasteiger partial charge in [0.05, 0.1) is 6.10 Å². The summed E-state index contributed by atoms with van der Waals surface area (Å²) in [4.78, 5) is 0. The predicted octanol–water partition coefficient (Wildman–Crippen LogP) is 5.05. The summed E-state index contributed by atoms with van der Waals surface area (Å²) in [6.45, 7) is 25.3. The maximum atomic E-state index is 6.53. The third-order valence-corrected chi connectivity index (χ3v) is 9.25. The first kappa shape index (κ1) is 19.6. The molecule has 1 rings (SSSR count). The summed E-state index contributed by atoms with van der Waals surface area (Å²) in [6, 6.07) is 0. The van der Waals surface area contributed by atoms with E-state index in [9.17, 15) is 0 Å². The second kappa shape index (κ2) is 6.60. The van der Waals surface area contributed by atoms with E-state index in [1.807, 2.05) is 19.9 Å². The maximum absolute atomic E-state index is 6.53. The van der Waals surface area contributed by atoms with Gasteiger partial charge in [0.1, 0.15) is 12.2 Å². The van der Waals surface area contributed by atoms with Crippen molar-refractivity contribution in [3.8, 4) is 0 Å². The van der Waals surface area contributed by atoms with E-state index < -0.39 is 14.1 Å². The van der Waals surface area contributed by atoms with Gasteiger partial charge in [0.15, 0.2) is 14.1 Å². The molecule has 0 amide bonds. The molecular formula is C18H34O3Si. The number of hydrogen-bond donors (Lipinski definition) is 0. The minimum Gasteiger partial charge on any atom is -0.408 e. The van der Waals surface area contributed by atoms with Crippen molar-refractivity contribution in [1.82, 2.24) is 0 Å². The first-order valence-electron chi connectivity index (χ1n) is 8.18. The van der Waals surface area contributed by atoms with Crippen LogP contribution in [0.5, 0.6) is 0 Å². The minimum atomic E-state index is -1.91. The van der Waals surface area contributed by atoms with E-state index in [0.29, 0.717) is 0 Å². The van der Waals surface area contributed by atoms with Crippen LogP contribution in [0.15, 0.2) is 24.8 Å². The summed E-state index contributed by atoms with van der Waals surface area (Å²) in [7, 11) is -1.91. The van der Waals surface area contributed by atoms with E-state index in [0.717, 1.165) is 12.0 Å². The monoisotopic (exact) mass is 326 g/mol. The van der Waals surface area contributed by atoms with Crippen molar-refractivity contribution in [3.63, 3.8) is 0 Å². The summed E-state index contributed by atoms with van der Waals surface area (Å²) in [6.07, 6.45) is 2.20. The zero-order valence-electron chi connectivity index (χ0n) is 15.7. The molecule has 1 fully saturated rings. The van der Waals surface area contributed by atoms with Gasteiger partial charge in [0.2, 0.25) is 0 Å². The van der Waals surface area contributed by atoms with E-state index in [1.165, 1.54) is 0 Å². The van der Waals surface area contributed by atoms with Crippen LogP contribution in [0.4, 0.5) is 0 Å². The molecule has 0 spiro atoms. The van der Waals surface area contributed by atoms with Crippen molar-refractivity contribution in [2.24, 2.45) is 0 Å². The van der Waals surface area contributed by atoms with Crippen LogP contribution in [0.3, 0.4) is 0 Å². The molecule has 1 aliphatic heterocycles. The highest BCUT2D eigenvalue weighted by atomic mass is 28.4. The van der Waals surface area contributed by atoms with Crippen LogP contribution >= 0.6 is 0 Å². The summed E-state index contributed by atoms with van der Waals surface area (Å²) in [5, 5.41) is 0.139. The van der Waals surface area contributed by atoms with Crippen LogP contribution < -0.4 is 0 Å². The molecule has 1 aliphatic rings. The zero-order chi connectivity index (χ0) is 17.3. The molecule has 0 bridgehead atoms. The Kier molecular flexibility index (Phi) is 5.88. The SMILES string of the molecule is C=CC(O[Si](C)(C)C(C)(C)C)[C@@H]1OC(C)(C)O[C@@H]1C(=C)CC. The fourth-order valence-electron chi connectivity index (χ4n) is 2.31. The first-order valence-corrected chi connectivity index (χ1v) is 11.1. The second-order valence-electron chi connectivity index (χ2n) is 8.11. The molecule has 0 aromatic heterocycles. The fraction of sp³-hybridized carbons (Fsp3) is 0.778. The van der Waals surface area contributed by atoms with Gasteiger partial charge in [-0.25, -0.2) is 0 Å². The lowest BCUT2D eigenvalue weighted by Crippen LogP contribution is -2.48. The van der Waals surface area contributed by atoms with Gasteiger partial charge in [-0.05, 0) is 44.0 Å². The Morgan fingerprint density at radius 1 is 1.32 bits per heavy atom. The largest absolute Gasteiger partial charge is 0.408 e. The molecular weight excluding hydrogens is 292 g/mol.